The summed E-state index contributed by atoms with van der Waals surface area (Å²) in [5.74, 6) is -2.25. The number of para-hydroxylation sites is 4. The Kier molecular flexibility index (Phi) is 17.2. The topological polar surface area (TPSA) is 80.8 Å². The summed E-state index contributed by atoms with van der Waals surface area (Å²) >= 11 is 0. The molecule has 0 fully saturated rings. The molecule has 7 aromatic carbocycles. The van der Waals surface area contributed by atoms with E-state index in [9.17, 15) is 0 Å². The van der Waals surface area contributed by atoms with Gasteiger partial charge >= 0.3 is 23.6 Å². The molecule has 8 heteroatoms. The van der Waals surface area contributed by atoms with Crippen molar-refractivity contribution in [1.82, 2.24) is 0 Å². The standard InChI is InChI=1S/C74H84N4O4/c1-43(2)57-21-17-22-58(44(3)4)67(57)75-41-76(68-59(45(5)6)23-18-24-60(68)46(7)8)72(80)65(71(75)79)55-37-33-53(34-38-55)51-29-31-52(32-30-51)54-35-39-56(40-36-54)66-73(81)77(69-61(47(9)10)25-19-26-62(69)48(11)12)42-78(74(66)82)70-63(49(13)14)27-20-28-64(70)50(15)16/h17-50,65-66H,1-16H3/q+2. The average molecular weight is 1090 g/mol. The van der Waals surface area contributed by atoms with Crippen molar-refractivity contribution in [3.8, 4) is 22.3 Å². The van der Waals surface area contributed by atoms with Gasteiger partial charge in [0.05, 0.1) is 0 Å². The van der Waals surface area contributed by atoms with Crippen LogP contribution < -0.4 is 9.80 Å². The van der Waals surface area contributed by atoms with Gasteiger partial charge in [0.2, 0.25) is 0 Å². The normalized spacial score (nSPS) is 16.1. The van der Waals surface area contributed by atoms with E-state index >= 15 is 19.2 Å². The Morgan fingerprint density at radius 2 is 0.500 bits per heavy atom. The summed E-state index contributed by atoms with van der Waals surface area (Å²) in [5, 5.41) is 0. The van der Waals surface area contributed by atoms with Gasteiger partial charge in [-0.05, 0) is 80.7 Å². The number of rotatable bonds is 16. The van der Waals surface area contributed by atoms with E-state index < -0.39 is 11.8 Å². The highest BCUT2D eigenvalue weighted by molar-refractivity contribution is 6.23. The molecule has 9 rings (SSSR count). The fraction of sp³-hybridized carbons (Fsp3) is 0.351. The van der Waals surface area contributed by atoms with Gasteiger partial charge in [-0.25, -0.2) is 19.2 Å². The molecule has 8 nitrogen and oxygen atoms in total. The largest absolute Gasteiger partial charge is 0.333 e. The highest BCUT2D eigenvalue weighted by atomic mass is 16.2. The second-order valence-electron chi connectivity index (χ2n) is 25.1. The molecule has 0 aliphatic carbocycles. The van der Waals surface area contributed by atoms with Gasteiger partial charge in [-0.1, -0.05) is 256 Å². The number of hydrogen-bond donors (Lipinski definition) is 0. The first-order chi connectivity index (χ1) is 39.0. The quantitative estimate of drug-likeness (QED) is 0.0713. The Morgan fingerprint density at radius 1 is 0.293 bits per heavy atom. The number of benzene rings is 7. The number of anilines is 2. The minimum absolute atomic E-state index is 0.127. The van der Waals surface area contributed by atoms with Gasteiger partial charge in [-0.15, -0.1) is 0 Å². The van der Waals surface area contributed by atoms with Crippen molar-refractivity contribution in [2.24, 2.45) is 0 Å². The molecule has 82 heavy (non-hydrogen) atoms. The van der Waals surface area contributed by atoms with Crippen LogP contribution in [-0.4, -0.2) is 45.5 Å². The molecule has 2 atom stereocenters. The summed E-state index contributed by atoms with van der Waals surface area (Å²) in [7, 11) is 0. The Hall–Kier alpha value is -7.84. The molecular formula is C74H84N4O4+2. The third-order valence-electron chi connectivity index (χ3n) is 16.8. The summed E-state index contributed by atoms with van der Waals surface area (Å²) in [6.07, 6.45) is 3.54. The fourth-order valence-electron chi connectivity index (χ4n) is 12.2. The van der Waals surface area contributed by atoms with Crippen LogP contribution >= 0.6 is 0 Å². The van der Waals surface area contributed by atoms with E-state index in [0.29, 0.717) is 11.1 Å². The molecule has 0 bridgehead atoms. The average Bonchev–Trinajstić information content (AvgIpc) is 3.49. The summed E-state index contributed by atoms with van der Waals surface area (Å²) in [6, 6.07) is 49.2. The maximum Gasteiger partial charge on any atom is 0.333 e. The fourth-order valence-corrected chi connectivity index (χ4v) is 12.2. The van der Waals surface area contributed by atoms with E-state index in [1.54, 1.807) is 31.6 Å². The SMILES string of the molecule is CC(C)c1cccc(C(C)C)c1N1C=[N+](c2c(C(C)C)cccc2C(C)C)C(=O)C(c2ccc(-c3ccc(-c4ccc(C5C(=O)N(c6c(C(C)C)cccc6C(C)C)C=[N+](c6c(C(C)C)cccc6C(C)C)C5=O)cc4)cc3)cc2)C1=O. The van der Waals surface area contributed by atoms with Crippen LogP contribution in [0, 0.1) is 0 Å². The molecule has 0 N–H and O–H groups in total. The van der Waals surface area contributed by atoms with Gasteiger partial charge in [0.25, 0.3) is 12.7 Å². The summed E-state index contributed by atoms with van der Waals surface area (Å²) in [4.78, 5) is 64.6. The van der Waals surface area contributed by atoms with Crippen LogP contribution in [0.2, 0.25) is 0 Å². The third kappa shape index (κ3) is 11.0. The first kappa shape index (κ1) is 58.8. The predicted molar refractivity (Wildman–Crippen MR) is 338 cm³/mol. The zero-order valence-corrected chi connectivity index (χ0v) is 51.2. The second kappa shape index (κ2) is 23.9. The molecule has 0 saturated carbocycles. The predicted octanol–water partition coefficient (Wildman–Crippen LogP) is 18.1. The Bertz CT molecular complexity index is 3290. The smallest absolute Gasteiger partial charge is 0.245 e. The highest BCUT2D eigenvalue weighted by Crippen LogP contribution is 2.44. The van der Waals surface area contributed by atoms with E-state index in [1.807, 2.05) is 48.5 Å². The van der Waals surface area contributed by atoms with Gasteiger partial charge in [-0.2, -0.15) is 19.0 Å². The van der Waals surface area contributed by atoms with Crippen molar-refractivity contribution in [1.29, 1.82) is 0 Å². The minimum atomic E-state index is -1.09. The van der Waals surface area contributed by atoms with Crippen LogP contribution in [0.3, 0.4) is 0 Å². The van der Waals surface area contributed by atoms with Crippen molar-refractivity contribution in [3.63, 3.8) is 0 Å². The van der Waals surface area contributed by atoms with Crippen LogP contribution in [0.5, 0.6) is 0 Å². The summed E-state index contributed by atoms with van der Waals surface area (Å²) < 4.78 is 3.55. The minimum Gasteiger partial charge on any atom is -0.245 e. The second-order valence-corrected chi connectivity index (χ2v) is 25.1. The molecule has 2 aliphatic rings. The zero-order chi connectivity index (χ0) is 59.2. The number of nitrogens with zero attached hydrogens (tertiary/aromatic N) is 4. The third-order valence-corrected chi connectivity index (χ3v) is 16.8. The molecule has 0 aromatic heterocycles. The van der Waals surface area contributed by atoms with E-state index in [1.165, 1.54) is 0 Å². The molecule has 0 saturated heterocycles. The lowest BCUT2D eigenvalue weighted by molar-refractivity contribution is -0.369. The van der Waals surface area contributed by atoms with E-state index in [4.69, 9.17) is 0 Å². The lowest BCUT2D eigenvalue weighted by Crippen LogP contribution is -2.48. The van der Waals surface area contributed by atoms with Crippen molar-refractivity contribution in [2.75, 3.05) is 9.80 Å². The monoisotopic (exact) mass is 1090 g/mol. The van der Waals surface area contributed by atoms with Gasteiger partial charge in [0, 0.05) is 44.5 Å². The molecular weight excluding hydrogens is 1010 g/mol. The molecule has 422 valence electrons. The van der Waals surface area contributed by atoms with Crippen LogP contribution in [0.15, 0.2) is 146 Å². The maximum atomic E-state index is 15.3. The molecule has 7 aromatic rings. The Labute approximate surface area is 488 Å². The van der Waals surface area contributed by atoms with Gasteiger partial charge in [0.1, 0.15) is 22.7 Å². The first-order valence-corrected chi connectivity index (χ1v) is 29.9. The van der Waals surface area contributed by atoms with Gasteiger partial charge < -0.3 is 0 Å². The zero-order valence-electron chi connectivity index (χ0n) is 51.2. The van der Waals surface area contributed by atoms with Crippen molar-refractivity contribution in [3.05, 3.63) is 201 Å². The molecule has 4 amide bonds. The number of hydrogen-bond acceptors (Lipinski definition) is 4. The van der Waals surface area contributed by atoms with Crippen molar-refractivity contribution in [2.45, 2.75) is 170 Å². The van der Waals surface area contributed by atoms with E-state index in [2.05, 4.69) is 208 Å². The molecule has 0 radical (unpaired) electrons. The van der Waals surface area contributed by atoms with Gasteiger partial charge in [0.15, 0.2) is 11.8 Å². The van der Waals surface area contributed by atoms with Crippen molar-refractivity contribution >= 4 is 59.1 Å². The molecule has 2 aliphatic heterocycles. The van der Waals surface area contributed by atoms with Crippen molar-refractivity contribution < 1.29 is 28.3 Å². The Balaban J connectivity index is 1.06. The molecule has 2 heterocycles. The summed E-state index contributed by atoms with van der Waals surface area (Å²) in [6.45, 7) is 34.4. The Morgan fingerprint density at radius 3 is 0.720 bits per heavy atom. The van der Waals surface area contributed by atoms with E-state index in [0.717, 1.165) is 89.5 Å². The van der Waals surface area contributed by atoms with Crippen LogP contribution in [0.1, 0.15) is 226 Å². The molecule has 0 spiro atoms. The number of carbonyl (C=O) groups excluding carboxylic acids is 4. The van der Waals surface area contributed by atoms with Crippen LogP contribution in [0.4, 0.5) is 22.7 Å². The first-order valence-electron chi connectivity index (χ1n) is 29.9. The lowest BCUT2D eigenvalue weighted by atomic mass is 9.87. The number of carbonyl (C=O) groups is 4. The maximum absolute atomic E-state index is 15.3. The lowest BCUT2D eigenvalue weighted by Gasteiger charge is -2.29. The van der Waals surface area contributed by atoms with Gasteiger partial charge in [-0.3, -0.25) is 0 Å². The van der Waals surface area contributed by atoms with Crippen LogP contribution in [-0.2, 0) is 19.2 Å². The van der Waals surface area contributed by atoms with Crippen LogP contribution in [0.25, 0.3) is 22.3 Å². The van der Waals surface area contributed by atoms with E-state index in [-0.39, 0.29) is 71.0 Å². The number of amides is 4. The molecule has 2 unspecified atom stereocenters. The highest BCUT2D eigenvalue weighted by Gasteiger charge is 2.50. The summed E-state index contributed by atoms with van der Waals surface area (Å²) in [5.41, 5.74) is 16.9.